The van der Waals surface area contributed by atoms with Crippen molar-refractivity contribution in [2.75, 3.05) is 0 Å². The summed E-state index contributed by atoms with van der Waals surface area (Å²) in [6, 6.07) is 0. The van der Waals surface area contributed by atoms with E-state index < -0.39 is 0 Å². The van der Waals surface area contributed by atoms with Crippen molar-refractivity contribution in [1.29, 1.82) is 0 Å². The Morgan fingerprint density at radius 2 is 2.86 bits per heavy atom. The Labute approximate surface area is 41.3 Å². The van der Waals surface area contributed by atoms with Gasteiger partial charge in [0.25, 0.3) is 0 Å². The van der Waals surface area contributed by atoms with E-state index >= 15 is 0 Å². The van der Waals surface area contributed by atoms with Gasteiger partial charge in [-0.15, -0.1) is 0 Å². The Balaban J connectivity index is 2.22. The van der Waals surface area contributed by atoms with Crippen LogP contribution in [0.5, 0.6) is 0 Å². The molecule has 4 nitrogen and oxygen atoms in total. The smallest absolute Gasteiger partial charge is 0.195 e. The number of hydrogen-bond acceptors (Lipinski definition) is 4. The van der Waals surface area contributed by atoms with Gasteiger partial charge in [-0.25, -0.2) is 5.43 Å². The van der Waals surface area contributed by atoms with E-state index in [1.807, 2.05) is 0 Å². The van der Waals surface area contributed by atoms with Crippen LogP contribution < -0.4 is 11.3 Å². The predicted molar refractivity (Wildman–Crippen MR) is 25.3 cm³/mol. The normalized spacial score (nSPS) is 27.9. The third kappa shape index (κ3) is 0.880. The number of oxime groups is 1. The van der Waals surface area contributed by atoms with Gasteiger partial charge in [0, 0.05) is 12.6 Å². The first kappa shape index (κ1) is 4.55. The van der Waals surface area contributed by atoms with Crippen LogP contribution in [0.2, 0.25) is 0 Å². The van der Waals surface area contributed by atoms with Crippen LogP contribution >= 0.6 is 0 Å². The fourth-order valence-corrected chi connectivity index (χ4v) is 0.397. The molecule has 1 unspecified atom stereocenters. The van der Waals surface area contributed by atoms with Gasteiger partial charge in [-0.2, -0.15) is 0 Å². The van der Waals surface area contributed by atoms with Gasteiger partial charge in [0.1, 0.15) is 0 Å². The van der Waals surface area contributed by atoms with E-state index in [-0.39, 0.29) is 6.23 Å². The predicted octanol–water partition coefficient (Wildman–Crippen LogP) is -0.818. The van der Waals surface area contributed by atoms with E-state index in [4.69, 9.17) is 5.84 Å². The average Bonchev–Trinajstić information content (AvgIpc) is 2.14. The molecule has 1 aliphatic rings. The first-order chi connectivity index (χ1) is 3.43. The topological polar surface area (TPSA) is 59.6 Å². The minimum Gasteiger partial charge on any atom is -0.375 e. The van der Waals surface area contributed by atoms with Crippen LogP contribution in [0.1, 0.15) is 6.42 Å². The lowest BCUT2D eigenvalue weighted by Crippen LogP contribution is -2.34. The summed E-state index contributed by atoms with van der Waals surface area (Å²) in [6.45, 7) is 0. The average molecular weight is 101 g/mol. The molecular formula is C3H7N3O. The zero-order valence-electron chi connectivity index (χ0n) is 3.79. The molecule has 1 heterocycles. The molecular weight excluding hydrogens is 94.1 g/mol. The zero-order valence-corrected chi connectivity index (χ0v) is 3.79. The van der Waals surface area contributed by atoms with Gasteiger partial charge in [0.15, 0.2) is 6.23 Å². The van der Waals surface area contributed by atoms with Crippen molar-refractivity contribution in [1.82, 2.24) is 5.43 Å². The van der Waals surface area contributed by atoms with Crippen molar-refractivity contribution < 1.29 is 4.84 Å². The summed E-state index contributed by atoms with van der Waals surface area (Å²) < 4.78 is 0. The van der Waals surface area contributed by atoms with Crippen molar-refractivity contribution in [3.8, 4) is 0 Å². The number of nitrogens with two attached hydrogens (primary N) is 1. The molecule has 1 rings (SSSR count). The van der Waals surface area contributed by atoms with Crippen LogP contribution in [0.3, 0.4) is 0 Å². The van der Waals surface area contributed by atoms with Crippen molar-refractivity contribution in [3.05, 3.63) is 0 Å². The standard InChI is InChI=1S/C3H7N3O/c4-6-3-1-2-5-7-3/h2-3,6H,1,4H2. The van der Waals surface area contributed by atoms with Gasteiger partial charge < -0.3 is 4.84 Å². The lowest BCUT2D eigenvalue weighted by Gasteiger charge is -2.02. The molecule has 40 valence electrons. The van der Waals surface area contributed by atoms with E-state index in [0.717, 1.165) is 6.42 Å². The molecule has 0 spiro atoms. The first-order valence-electron chi connectivity index (χ1n) is 2.07. The summed E-state index contributed by atoms with van der Waals surface area (Å²) in [7, 11) is 0. The van der Waals surface area contributed by atoms with Gasteiger partial charge >= 0.3 is 0 Å². The molecule has 4 heteroatoms. The van der Waals surface area contributed by atoms with Crippen LogP contribution in [0.4, 0.5) is 0 Å². The summed E-state index contributed by atoms with van der Waals surface area (Å²) in [5, 5.41) is 3.47. The molecule has 1 aliphatic heterocycles. The number of rotatable bonds is 1. The quantitative estimate of drug-likeness (QED) is 0.335. The minimum absolute atomic E-state index is 0.0972. The third-order valence-corrected chi connectivity index (χ3v) is 0.768. The first-order valence-corrected chi connectivity index (χ1v) is 2.07. The summed E-state index contributed by atoms with van der Waals surface area (Å²) in [6.07, 6.45) is 2.33. The highest BCUT2D eigenvalue weighted by Gasteiger charge is 2.08. The monoisotopic (exact) mass is 101 g/mol. The minimum atomic E-state index is -0.0972. The molecule has 0 radical (unpaired) electrons. The van der Waals surface area contributed by atoms with Crippen molar-refractivity contribution >= 4 is 6.21 Å². The Bertz CT molecular complexity index is 74.2. The van der Waals surface area contributed by atoms with Crippen LogP contribution in [-0.2, 0) is 4.84 Å². The Morgan fingerprint density at radius 3 is 3.14 bits per heavy atom. The van der Waals surface area contributed by atoms with E-state index in [2.05, 4.69) is 15.4 Å². The highest BCUT2D eigenvalue weighted by Crippen LogP contribution is 1.97. The second kappa shape index (κ2) is 1.90. The fourth-order valence-electron chi connectivity index (χ4n) is 0.397. The van der Waals surface area contributed by atoms with Gasteiger partial charge in [-0.1, -0.05) is 5.16 Å². The van der Waals surface area contributed by atoms with Crippen molar-refractivity contribution in [2.24, 2.45) is 11.0 Å². The number of hydrazine groups is 1. The Hall–Kier alpha value is -0.610. The maximum absolute atomic E-state index is 4.98. The molecule has 3 N–H and O–H groups in total. The lowest BCUT2D eigenvalue weighted by molar-refractivity contribution is 0.0603. The van der Waals surface area contributed by atoms with Gasteiger partial charge in [0.05, 0.1) is 0 Å². The second-order valence-corrected chi connectivity index (χ2v) is 1.28. The Kier molecular flexibility index (Phi) is 1.24. The zero-order chi connectivity index (χ0) is 5.11. The van der Waals surface area contributed by atoms with Crippen LogP contribution in [0.25, 0.3) is 0 Å². The van der Waals surface area contributed by atoms with Crippen molar-refractivity contribution in [3.63, 3.8) is 0 Å². The van der Waals surface area contributed by atoms with E-state index in [9.17, 15) is 0 Å². The van der Waals surface area contributed by atoms with Crippen LogP contribution in [0, 0.1) is 0 Å². The van der Waals surface area contributed by atoms with Gasteiger partial charge in [0.2, 0.25) is 0 Å². The summed E-state index contributed by atoms with van der Waals surface area (Å²) in [4.78, 5) is 4.64. The molecule has 0 aromatic heterocycles. The maximum atomic E-state index is 4.98. The molecule has 0 amide bonds. The number of hydrogen-bond donors (Lipinski definition) is 2. The molecule has 0 fully saturated rings. The molecule has 0 aromatic rings. The third-order valence-electron chi connectivity index (χ3n) is 0.768. The van der Waals surface area contributed by atoms with Crippen molar-refractivity contribution in [2.45, 2.75) is 12.6 Å². The van der Waals surface area contributed by atoms with Crippen LogP contribution in [-0.4, -0.2) is 12.4 Å². The molecule has 0 saturated heterocycles. The summed E-state index contributed by atoms with van der Waals surface area (Å²) in [5.74, 6) is 4.98. The molecule has 7 heavy (non-hydrogen) atoms. The molecule has 0 aliphatic carbocycles. The summed E-state index contributed by atoms with van der Waals surface area (Å²) >= 11 is 0. The highest BCUT2D eigenvalue weighted by molar-refractivity contribution is 5.58. The van der Waals surface area contributed by atoms with E-state index in [0.29, 0.717) is 0 Å². The van der Waals surface area contributed by atoms with Gasteiger partial charge in [-0.05, 0) is 0 Å². The van der Waals surface area contributed by atoms with E-state index in [1.54, 1.807) is 6.21 Å². The largest absolute Gasteiger partial charge is 0.375 e. The SMILES string of the molecule is NNC1CC=NO1. The molecule has 0 aromatic carbocycles. The number of nitrogens with one attached hydrogen (secondary N) is 1. The van der Waals surface area contributed by atoms with Crippen LogP contribution in [0.15, 0.2) is 5.16 Å². The second-order valence-electron chi connectivity index (χ2n) is 1.28. The summed E-state index contributed by atoms with van der Waals surface area (Å²) in [5.41, 5.74) is 2.42. The highest BCUT2D eigenvalue weighted by atomic mass is 16.7. The maximum Gasteiger partial charge on any atom is 0.195 e. The molecule has 0 saturated carbocycles. The van der Waals surface area contributed by atoms with E-state index in [1.165, 1.54) is 0 Å². The van der Waals surface area contributed by atoms with Gasteiger partial charge in [-0.3, -0.25) is 5.84 Å². The molecule has 1 atom stereocenters. The Morgan fingerprint density at radius 1 is 2.00 bits per heavy atom. The molecule has 0 bridgehead atoms. The fraction of sp³-hybridized carbons (Fsp3) is 0.667. The number of nitrogens with zero attached hydrogens (tertiary/aromatic N) is 1. The lowest BCUT2D eigenvalue weighted by atomic mass is 10.4.